The third-order valence-electron chi connectivity index (χ3n) is 3.36. The highest BCUT2D eigenvalue weighted by atomic mass is 16.3. The molecule has 0 saturated heterocycles. The summed E-state index contributed by atoms with van der Waals surface area (Å²) in [6, 6.07) is 8.83. The number of hydrogen-bond donors (Lipinski definition) is 1. The van der Waals surface area contributed by atoms with Crippen LogP contribution in [0, 0.1) is 17.2 Å². The number of aliphatic hydroxyl groups excluding tert-OH is 1. The summed E-state index contributed by atoms with van der Waals surface area (Å²) >= 11 is 0. The molecule has 1 saturated carbocycles. The lowest BCUT2D eigenvalue weighted by Crippen LogP contribution is -2.25. The maximum atomic E-state index is 11.7. The maximum absolute atomic E-state index is 11.7. The molecule has 0 heterocycles. The Hall–Kier alpha value is -1.66. The molecule has 0 aromatic heterocycles. The number of rotatable bonds is 2. The van der Waals surface area contributed by atoms with Crippen molar-refractivity contribution in [1.82, 2.24) is 0 Å². The van der Waals surface area contributed by atoms with Gasteiger partial charge in [-0.3, -0.25) is 4.79 Å². The van der Waals surface area contributed by atoms with Crippen LogP contribution in [0.2, 0.25) is 0 Å². The van der Waals surface area contributed by atoms with Gasteiger partial charge in [0.1, 0.15) is 5.78 Å². The third kappa shape index (κ3) is 2.54. The Kier molecular flexibility index (Phi) is 3.55. The van der Waals surface area contributed by atoms with Gasteiger partial charge in [0.15, 0.2) is 0 Å². The van der Waals surface area contributed by atoms with Crippen LogP contribution in [0.3, 0.4) is 0 Å². The Morgan fingerprint density at radius 2 is 2.00 bits per heavy atom. The second-order valence-electron chi connectivity index (χ2n) is 4.50. The van der Waals surface area contributed by atoms with Gasteiger partial charge in [-0.1, -0.05) is 18.6 Å². The number of Topliss-reactive ketones (excluding diaryl/α,β-unsaturated/α-hetero) is 1. The molecule has 1 aliphatic rings. The molecule has 17 heavy (non-hydrogen) atoms. The summed E-state index contributed by atoms with van der Waals surface area (Å²) < 4.78 is 0. The molecule has 1 aliphatic carbocycles. The Labute approximate surface area is 101 Å². The number of hydrogen-bond acceptors (Lipinski definition) is 3. The molecule has 0 radical (unpaired) electrons. The number of nitriles is 1. The van der Waals surface area contributed by atoms with Crippen LogP contribution in [0.5, 0.6) is 0 Å². The summed E-state index contributed by atoms with van der Waals surface area (Å²) in [5.41, 5.74) is 1.29. The fraction of sp³-hybridized carbons (Fsp3) is 0.429. The molecule has 3 heteroatoms. The molecule has 2 atom stereocenters. The number of carbonyl (C=O) groups is 1. The number of carbonyl (C=O) groups excluding carboxylic acids is 1. The minimum Gasteiger partial charge on any atom is -0.388 e. The van der Waals surface area contributed by atoms with E-state index in [9.17, 15) is 9.90 Å². The Bertz CT molecular complexity index is 444. The van der Waals surface area contributed by atoms with Gasteiger partial charge in [0.25, 0.3) is 0 Å². The van der Waals surface area contributed by atoms with Crippen LogP contribution >= 0.6 is 0 Å². The normalized spacial score (nSPS) is 21.9. The van der Waals surface area contributed by atoms with Crippen molar-refractivity contribution < 1.29 is 9.90 Å². The highest BCUT2D eigenvalue weighted by Crippen LogP contribution is 2.32. The molecule has 0 spiro atoms. The number of nitrogens with zero attached hydrogens (tertiary/aromatic N) is 1. The summed E-state index contributed by atoms with van der Waals surface area (Å²) in [6.07, 6.45) is 2.56. The molecule has 1 aromatic rings. The van der Waals surface area contributed by atoms with Gasteiger partial charge in [0.05, 0.1) is 17.7 Å². The Morgan fingerprint density at radius 1 is 1.29 bits per heavy atom. The Morgan fingerprint density at radius 3 is 2.59 bits per heavy atom. The fourth-order valence-corrected chi connectivity index (χ4v) is 2.33. The van der Waals surface area contributed by atoms with Crippen LogP contribution in [-0.4, -0.2) is 10.9 Å². The largest absolute Gasteiger partial charge is 0.388 e. The lowest BCUT2D eigenvalue weighted by Gasteiger charge is -2.25. The lowest BCUT2D eigenvalue weighted by atomic mass is 9.81. The zero-order valence-electron chi connectivity index (χ0n) is 9.60. The van der Waals surface area contributed by atoms with Gasteiger partial charge in [-0.05, 0) is 30.5 Å². The zero-order chi connectivity index (χ0) is 12.3. The molecule has 0 bridgehead atoms. The molecule has 1 N–H and O–H groups in total. The summed E-state index contributed by atoms with van der Waals surface area (Å²) in [5, 5.41) is 18.9. The SMILES string of the molecule is N#Cc1ccc([C@@H](O)C2CCCCC2=O)cc1. The van der Waals surface area contributed by atoms with E-state index in [2.05, 4.69) is 0 Å². The van der Waals surface area contributed by atoms with Crippen molar-refractivity contribution in [2.75, 3.05) is 0 Å². The first kappa shape index (κ1) is 11.8. The van der Waals surface area contributed by atoms with E-state index in [0.717, 1.165) is 24.8 Å². The zero-order valence-corrected chi connectivity index (χ0v) is 9.60. The summed E-state index contributed by atoms with van der Waals surface area (Å²) in [5.74, 6) is -0.107. The van der Waals surface area contributed by atoms with Crippen molar-refractivity contribution in [3.63, 3.8) is 0 Å². The van der Waals surface area contributed by atoms with E-state index in [1.807, 2.05) is 6.07 Å². The van der Waals surface area contributed by atoms with Gasteiger partial charge in [-0.15, -0.1) is 0 Å². The number of benzene rings is 1. The van der Waals surface area contributed by atoms with E-state index >= 15 is 0 Å². The average Bonchev–Trinajstić information content (AvgIpc) is 2.39. The van der Waals surface area contributed by atoms with Crippen LogP contribution in [0.15, 0.2) is 24.3 Å². The summed E-state index contributed by atoms with van der Waals surface area (Å²) in [6.45, 7) is 0. The van der Waals surface area contributed by atoms with Gasteiger partial charge >= 0.3 is 0 Å². The molecule has 0 amide bonds. The minimum absolute atomic E-state index is 0.160. The monoisotopic (exact) mass is 229 g/mol. The molecule has 3 nitrogen and oxygen atoms in total. The molecule has 88 valence electrons. The van der Waals surface area contributed by atoms with Crippen molar-refractivity contribution in [2.24, 2.45) is 5.92 Å². The Balaban J connectivity index is 2.15. The second-order valence-corrected chi connectivity index (χ2v) is 4.50. The van der Waals surface area contributed by atoms with Crippen LogP contribution < -0.4 is 0 Å². The standard InChI is InChI=1S/C14H15NO2/c15-9-10-5-7-11(8-6-10)14(17)12-3-1-2-4-13(12)16/h5-8,12,14,17H,1-4H2/t12?,14-/m1/s1. The van der Waals surface area contributed by atoms with Gasteiger partial charge in [0.2, 0.25) is 0 Å². The first-order valence-corrected chi connectivity index (χ1v) is 5.93. The van der Waals surface area contributed by atoms with Gasteiger partial charge in [-0.2, -0.15) is 5.26 Å². The van der Waals surface area contributed by atoms with Gasteiger partial charge in [-0.25, -0.2) is 0 Å². The highest BCUT2D eigenvalue weighted by molar-refractivity contribution is 5.82. The van der Waals surface area contributed by atoms with Crippen LogP contribution in [-0.2, 0) is 4.79 Å². The van der Waals surface area contributed by atoms with Crippen molar-refractivity contribution in [3.05, 3.63) is 35.4 Å². The van der Waals surface area contributed by atoms with Crippen LogP contribution in [0.1, 0.15) is 42.9 Å². The van der Waals surface area contributed by atoms with Crippen molar-refractivity contribution in [3.8, 4) is 6.07 Å². The predicted molar refractivity (Wildman–Crippen MR) is 63.1 cm³/mol. The average molecular weight is 229 g/mol. The topological polar surface area (TPSA) is 61.1 Å². The highest BCUT2D eigenvalue weighted by Gasteiger charge is 2.29. The van der Waals surface area contributed by atoms with Crippen LogP contribution in [0.25, 0.3) is 0 Å². The van der Waals surface area contributed by atoms with E-state index in [0.29, 0.717) is 12.0 Å². The van der Waals surface area contributed by atoms with Crippen LogP contribution in [0.4, 0.5) is 0 Å². The predicted octanol–water partition coefficient (Wildman–Crippen LogP) is 2.35. The van der Waals surface area contributed by atoms with E-state index < -0.39 is 6.10 Å². The quantitative estimate of drug-likeness (QED) is 0.846. The maximum Gasteiger partial charge on any atom is 0.138 e. The molecule has 1 fully saturated rings. The number of aliphatic hydroxyl groups is 1. The number of ketones is 1. The molecule has 2 rings (SSSR count). The van der Waals surface area contributed by atoms with E-state index in [1.165, 1.54) is 0 Å². The van der Waals surface area contributed by atoms with Crippen molar-refractivity contribution >= 4 is 5.78 Å². The van der Waals surface area contributed by atoms with E-state index in [4.69, 9.17) is 5.26 Å². The smallest absolute Gasteiger partial charge is 0.138 e. The van der Waals surface area contributed by atoms with E-state index in [-0.39, 0.29) is 11.7 Å². The molecule has 1 unspecified atom stereocenters. The first-order valence-electron chi connectivity index (χ1n) is 5.93. The molecule has 1 aromatic carbocycles. The molecular weight excluding hydrogens is 214 g/mol. The van der Waals surface area contributed by atoms with E-state index in [1.54, 1.807) is 24.3 Å². The van der Waals surface area contributed by atoms with Gasteiger partial charge < -0.3 is 5.11 Å². The third-order valence-corrected chi connectivity index (χ3v) is 3.36. The molecule has 0 aliphatic heterocycles. The summed E-state index contributed by atoms with van der Waals surface area (Å²) in [7, 11) is 0. The van der Waals surface area contributed by atoms with Crippen molar-refractivity contribution in [2.45, 2.75) is 31.8 Å². The second kappa shape index (κ2) is 5.11. The van der Waals surface area contributed by atoms with Gasteiger partial charge in [0, 0.05) is 12.3 Å². The minimum atomic E-state index is -0.726. The summed E-state index contributed by atoms with van der Waals surface area (Å²) in [4.78, 5) is 11.7. The molecular formula is C14H15NO2. The van der Waals surface area contributed by atoms with Crippen molar-refractivity contribution in [1.29, 1.82) is 5.26 Å². The first-order chi connectivity index (χ1) is 8.22. The lowest BCUT2D eigenvalue weighted by molar-refractivity contribution is -0.128. The fourth-order valence-electron chi connectivity index (χ4n) is 2.33.